The molecule has 0 bridgehead atoms. The fourth-order valence-electron chi connectivity index (χ4n) is 0.686. The largest absolute Gasteiger partial charge is 0.458 e. The van der Waals surface area contributed by atoms with Crippen LogP contribution in [0.5, 0.6) is 0 Å². The lowest BCUT2D eigenvalue weighted by Gasteiger charge is -2.21. The van der Waals surface area contributed by atoms with Crippen molar-refractivity contribution >= 4 is 16.1 Å². The van der Waals surface area contributed by atoms with E-state index in [1.165, 1.54) is 6.92 Å². The van der Waals surface area contributed by atoms with Gasteiger partial charge in [-0.25, -0.2) is 4.79 Å². The highest BCUT2D eigenvalue weighted by atomic mass is 32.2. The molecule has 0 fully saturated rings. The molecule has 0 aliphatic rings. The van der Waals surface area contributed by atoms with Gasteiger partial charge in [0.2, 0.25) is 0 Å². The summed E-state index contributed by atoms with van der Waals surface area (Å²) in [5.41, 5.74) is -0.647. The second-order valence-corrected chi connectivity index (χ2v) is 5.58. The molecule has 0 aromatic rings. The normalized spacial score (nSPS) is 14.9. The standard InChI is InChI=1S/C8H16O5S/c1-6(13-14(5,10)11)7(9)12-8(2,3)4/h6H,1-5H3/t6-/m1/s1. The van der Waals surface area contributed by atoms with E-state index < -0.39 is 27.8 Å². The van der Waals surface area contributed by atoms with E-state index in [2.05, 4.69) is 4.18 Å². The molecule has 6 heteroatoms. The van der Waals surface area contributed by atoms with Crippen molar-refractivity contribution in [3.8, 4) is 0 Å². The fraction of sp³-hybridized carbons (Fsp3) is 0.875. The number of rotatable bonds is 3. The summed E-state index contributed by atoms with van der Waals surface area (Å²) in [5, 5.41) is 0. The average Bonchev–Trinajstić information content (AvgIpc) is 1.78. The summed E-state index contributed by atoms with van der Waals surface area (Å²) >= 11 is 0. The minimum Gasteiger partial charge on any atom is -0.458 e. The minimum absolute atomic E-state index is 0.647. The summed E-state index contributed by atoms with van der Waals surface area (Å²) in [7, 11) is -3.62. The second-order valence-electron chi connectivity index (χ2n) is 3.98. The highest BCUT2D eigenvalue weighted by Crippen LogP contribution is 2.10. The van der Waals surface area contributed by atoms with Gasteiger partial charge >= 0.3 is 5.97 Å². The van der Waals surface area contributed by atoms with Gasteiger partial charge < -0.3 is 4.74 Å². The Morgan fingerprint density at radius 2 is 1.71 bits per heavy atom. The highest BCUT2D eigenvalue weighted by Gasteiger charge is 2.24. The average molecular weight is 224 g/mol. The molecule has 0 amide bonds. The van der Waals surface area contributed by atoms with Crippen LogP contribution in [0.25, 0.3) is 0 Å². The summed E-state index contributed by atoms with van der Waals surface area (Å²) in [4.78, 5) is 11.2. The number of hydrogen-bond acceptors (Lipinski definition) is 5. The molecule has 0 aliphatic heterocycles. The molecule has 5 nitrogen and oxygen atoms in total. The van der Waals surface area contributed by atoms with Gasteiger partial charge in [-0.3, -0.25) is 4.18 Å². The molecule has 1 atom stereocenters. The molecule has 0 rings (SSSR count). The van der Waals surface area contributed by atoms with Crippen molar-refractivity contribution in [2.75, 3.05) is 6.26 Å². The van der Waals surface area contributed by atoms with Crippen LogP contribution < -0.4 is 0 Å². The summed E-state index contributed by atoms with van der Waals surface area (Å²) in [5.74, 6) is -0.692. The maximum Gasteiger partial charge on any atom is 0.337 e. The smallest absolute Gasteiger partial charge is 0.337 e. The zero-order valence-corrected chi connectivity index (χ0v) is 9.84. The van der Waals surface area contributed by atoms with Crippen LogP contribution in [0.3, 0.4) is 0 Å². The first-order valence-electron chi connectivity index (χ1n) is 4.12. The molecule has 0 spiro atoms. The molecule has 0 aliphatic carbocycles. The van der Waals surface area contributed by atoms with E-state index in [1.807, 2.05) is 0 Å². The van der Waals surface area contributed by atoms with Crippen LogP contribution in [-0.2, 0) is 23.8 Å². The number of esters is 1. The molecule has 0 unspecified atom stereocenters. The predicted molar refractivity (Wildman–Crippen MR) is 51.2 cm³/mol. The predicted octanol–water partition coefficient (Wildman–Crippen LogP) is 0.693. The highest BCUT2D eigenvalue weighted by molar-refractivity contribution is 7.86. The topological polar surface area (TPSA) is 69.7 Å². The lowest BCUT2D eigenvalue weighted by molar-refractivity contribution is -0.162. The molecule has 0 N–H and O–H groups in total. The lowest BCUT2D eigenvalue weighted by atomic mass is 10.2. The summed E-state index contributed by atoms with van der Waals surface area (Å²) in [6.45, 7) is 6.41. The van der Waals surface area contributed by atoms with Gasteiger partial charge in [0.05, 0.1) is 6.26 Å². The molecule has 0 radical (unpaired) electrons. The van der Waals surface area contributed by atoms with Crippen LogP contribution >= 0.6 is 0 Å². The van der Waals surface area contributed by atoms with E-state index in [0.29, 0.717) is 0 Å². The monoisotopic (exact) mass is 224 g/mol. The van der Waals surface area contributed by atoms with Crippen molar-refractivity contribution in [3.63, 3.8) is 0 Å². The zero-order chi connectivity index (χ0) is 11.6. The van der Waals surface area contributed by atoms with E-state index >= 15 is 0 Å². The quantitative estimate of drug-likeness (QED) is 0.521. The Hall–Kier alpha value is -0.620. The second kappa shape index (κ2) is 4.27. The Balaban J connectivity index is 4.29. The Morgan fingerprint density at radius 1 is 1.29 bits per heavy atom. The van der Waals surface area contributed by atoms with E-state index in [1.54, 1.807) is 20.8 Å². The summed E-state index contributed by atoms with van der Waals surface area (Å²) < 4.78 is 30.7. The van der Waals surface area contributed by atoms with Gasteiger partial charge in [-0.05, 0) is 27.7 Å². The van der Waals surface area contributed by atoms with Gasteiger partial charge in [0, 0.05) is 0 Å². The van der Waals surface area contributed by atoms with Gasteiger partial charge in [-0.2, -0.15) is 8.42 Å². The first-order chi connectivity index (χ1) is 6.01. The van der Waals surface area contributed by atoms with Crippen LogP contribution in [0.15, 0.2) is 0 Å². The van der Waals surface area contributed by atoms with E-state index in [9.17, 15) is 13.2 Å². The van der Waals surface area contributed by atoms with Crippen molar-refractivity contribution in [1.82, 2.24) is 0 Å². The van der Waals surface area contributed by atoms with E-state index in [-0.39, 0.29) is 0 Å². The van der Waals surface area contributed by atoms with Gasteiger partial charge in [0.1, 0.15) is 5.60 Å². The molecule has 0 saturated carbocycles. The molecular weight excluding hydrogens is 208 g/mol. The molecule has 0 saturated heterocycles. The number of ether oxygens (including phenoxy) is 1. The summed E-state index contributed by atoms with van der Waals surface area (Å²) in [6, 6.07) is 0. The van der Waals surface area contributed by atoms with Crippen molar-refractivity contribution in [3.05, 3.63) is 0 Å². The van der Waals surface area contributed by atoms with Crippen molar-refractivity contribution in [2.45, 2.75) is 39.4 Å². The lowest BCUT2D eigenvalue weighted by Crippen LogP contribution is -2.32. The van der Waals surface area contributed by atoms with Gasteiger partial charge in [0.15, 0.2) is 6.10 Å². The van der Waals surface area contributed by atoms with E-state index in [0.717, 1.165) is 6.26 Å². The molecule has 84 valence electrons. The Morgan fingerprint density at radius 3 is 2.00 bits per heavy atom. The van der Waals surface area contributed by atoms with E-state index in [4.69, 9.17) is 4.74 Å². The SMILES string of the molecule is C[C@@H](OS(C)(=O)=O)C(=O)OC(C)(C)C. The third kappa shape index (κ3) is 6.85. The molecule has 0 aromatic heterocycles. The third-order valence-corrected chi connectivity index (χ3v) is 1.70. The van der Waals surface area contributed by atoms with Gasteiger partial charge in [-0.1, -0.05) is 0 Å². The molecule has 0 aromatic carbocycles. The van der Waals surface area contributed by atoms with Crippen LogP contribution in [0, 0.1) is 0 Å². The maximum atomic E-state index is 11.2. The van der Waals surface area contributed by atoms with Crippen LogP contribution in [0.2, 0.25) is 0 Å². The number of carbonyl (C=O) groups excluding carboxylic acids is 1. The molecular formula is C8H16O5S. The molecule has 0 heterocycles. The zero-order valence-electron chi connectivity index (χ0n) is 9.03. The van der Waals surface area contributed by atoms with Crippen LogP contribution in [0.1, 0.15) is 27.7 Å². The van der Waals surface area contributed by atoms with Crippen molar-refractivity contribution in [2.24, 2.45) is 0 Å². The first-order valence-corrected chi connectivity index (χ1v) is 5.94. The minimum atomic E-state index is -3.62. The third-order valence-electron chi connectivity index (χ3n) is 1.06. The van der Waals surface area contributed by atoms with Gasteiger partial charge in [0.25, 0.3) is 10.1 Å². The Kier molecular flexibility index (Phi) is 4.08. The Bertz CT molecular complexity index is 298. The maximum absolute atomic E-state index is 11.2. The summed E-state index contributed by atoms with van der Waals surface area (Å²) in [6.07, 6.45) is -0.224. The van der Waals surface area contributed by atoms with Gasteiger partial charge in [-0.15, -0.1) is 0 Å². The van der Waals surface area contributed by atoms with Crippen LogP contribution in [-0.4, -0.2) is 32.3 Å². The van der Waals surface area contributed by atoms with Crippen LogP contribution in [0.4, 0.5) is 0 Å². The molecule has 14 heavy (non-hydrogen) atoms. The number of carbonyl (C=O) groups is 1. The van der Waals surface area contributed by atoms with Crippen molar-refractivity contribution < 1.29 is 22.1 Å². The Labute approximate surface area is 84.5 Å². The van der Waals surface area contributed by atoms with Crippen molar-refractivity contribution in [1.29, 1.82) is 0 Å². The first kappa shape index (κ1) is 13.4. The number of hydrogen-bond donors (Lipinski definition) is 0. The fourth-order valence-corrected chi connectivity index (χ4v) is 1.29.